The van der Waals surface area contributed by atoms with Crippen LogP contribution in [0.15, 0.2) is 18.2 Å². The Morgan fingerprint density at radius 1 is 0.921 bits per heavy atom. The molecule has 1 aromatic rings. The van der Waals surface area contributed by atoms with Crippen molar-refractivity contribution in [1.29, 1.82) is 0 Å². The number of carbonyl (C=O) groups is 4. The van der Waals surface area contributed by atoms with Crippen molar-refractivity contribution in [2.24, 2.45) is 17.6 Å². The Morgan fingerprint density at radius 3 is 2.03 bits per heavy atom. The first-order chi connectivity index (χ1) is 17.7. The second-order valence-corrected chi connectivity index (χ2v) is 10.5. The van der Waals surface area contributed by atoms with E-state index in [1.165, 1.54) is 19.1 Å². The topological polar surface area (TPSA) is 151 Å². The molecule has 0 aromatic heterocycles. The molecule has 1 rings (SSSR count). The maximum absolute atomic E-state index is 12.4. The van der Waals surface area contributed by atoms with E-state index in [0.717, 1.165) is 12.8 Å². The van der Waals surface area contributed by atoms with Crippen LogP contribution in [0.3, 0.4) is 0 Å². The molecule has 0 bridgehead atoms. The van der Waals surface area contributed by atoms with Gasteiger partial charge in [0.15, 0.2) is 11.5 Å². The third-order valence-corrected chi connectivity index (χ3v) is 5.47. The molecule has 0 saturated heterocycles. The first-order valence-corrected chi connectivity index (χ1v) is 13.2. The van der Waals surface area contributed by atoms with Crippen molar-refractivity contribution >= 4 is 24.1 Å². The fraction of sp³-hybridized carbons (Fsp3) is 0.643. The molecule has 0 fully saturated rings. The van der Waals surface area contributed by atoms with Crippen molar-refractivity contribution in [1.82, 2.24) is 0 Å². The molecule has 0 aliphatic carbocycles. The second-order valence-electron chi connectivity index (χ2n) is 10.5. The maximum Gasteiger partial charge on any atom is 0.508 e. The van der Waals surface area contributed by atoms with E-state index in [-0.39, 0.29) is 55.6 Å². The zero-order valence-corrected chi connectivity index (χ0v) is 23.4. The molecule has 0 radical (unpaired) electrons. The molecule has 0 aliphatic rings. The van der Waals surface area contributed by atoms with Gasteiger partial charge in [-0.15, -0.1) is 0 Å². The minimum atomic E-state index is -1.81. The lowest BCUT2D eigenvalue weighted by Gasteiger charge is -2.28. The number of carbonyl (C=O) groups excluding carboxylic acids is 3. The summed E-state index contributed by atoms with van der Waals surface area (Å²) in [6.07, 6.45) is 0.830. The lowest BCUT2D eigenvalue weighted by molar-refractivity contribution is -0.144. The van der Waals surface area contributed by atoms with E-state index in [1.54, 1.807) is 6.07 Å². The summed E-state index contributed by atoms with van der Waals surface area (Å²) in [6, 6.07) is 4.44. The van der Waals surface area contributed by atoms with Gasteiger partial charge in [0.2, 0.25) is 0 Å². The molecular formula is C28H43NO9. The van der Waals surface area contributed by atoms with Crippen LogP contribution < -0.4 is 15.2 Å². The molecule has 0 aliphatic heterocycles. The molecule has 10 nitrogen and oxygen atoms in total. The van der Waals surface area contributed by atoms with Gasteiger partial charge in [0.25, 0.3) is 0 Å². The van der Waals surface area contributed by atoms with Crippen LogP contribution in [0.2, 0.25) is 0 Å². The molecular weight excluding hydrogens is 494 g/mol. The van der Waals surface area contributed by atoms with Crippen LogP contribution in [-0.2, 0) is 30.3 Å². The van der Waals surface area contributed by atoms with Gasteiger partial charge in [-0.1, -0.05) is 53.5 Å². The Morgan fingerprint density at radius 2 is 1.50 bits per heavy atom. The van der Waals surface area contributed by atoms with E-state index in [9.17, 15) is 24.3 Å². The van der Waals surface area contributed by atoms with Crippen molar-refractivity contribution in [3.8, 4) is 11.5 Å². The smallest absolute Gasteiger partial charge is 0.480 e. The Labute approximate surface area is 225 Å². The average Bonchev–Trinajstić information content (AvgIpc) is 2.77. The highest BCUT2D eigenvalue weighted by molar-refractivity contribution is 5.79. The van der Waals surface area contributed by atoms with Gasteiger partial charge in [-0.3, -0.25) is 14.4 Å². The summed E-state index contributed by atoms with van der Waals surface area (Å²) in [7, 11) is 0. The number of benzene rings is 1. The minimum absolute atomic E-state index is 0.00190. The van der Waals surface area contributed by atoms with Crippen LogP contribution in [0.1, 0.15) is 85.6 Å². The molecule has 214 valence electrons. The highest BCUT2D eigenvalue weighted by Gasteiger charge is 2.37. The second kappa shape index (κ2) is 16.0. The summed E-state index contributed by atoms with van der Waals surface area (Å²) >= 11 is 0. The minimum Gasteiger partial charge on any atom is -0.480 e. The number of hydrogen-bond acceptors (Lipinski definition) is 9. The summed E-state index contributed by atoms with van der Waals surface area (Å²) in [5.74, 6) is -2.14. The van der Waals surface area contributed by atoms with Gasteiger partial charge in [0, 0.05) is 25.7 Å². The first kappa shape index (κ1) is 32.9. The fourth-order valence-corrected chi connectivity index (χ4v) is 3.68. The molecule has 0 heterocycles. The molecule has 1 unspecified atom stereocenters. The number of rotatable bonds is 16. The van der Waals surface area contributed by atoms with Crippen molar-refractivity contribution < 1.29 is 43.2 Å². The number of hydrogen-bond donors (Lipinski definition) is 2. The van der Waals surface area contributed by atoms with E-state index in [0.29, 0.717) is 12.0 Å². The lowest BCUT2D eigenvalue weighted by atomic mass is 9.86. The van der Waals surface area contributed by atoms with Gasteiger partial charge in [-0.2, -0.15) is 0 Å². The van der Waals surface area contributed by atoms with Gasteiger partial charge in [-0.25, -0.2) is 4.79 Å². The summed E-state index contributed by atoms with van der Waals surface area (Å²) in [5.41, 5.74) is 4.88. The number of ether oxygens (including phenoxy) is 4. The number of carboxylic acid groups (broad SMARTS) is 1. The Balaban J connectivity index is 3.07. The Bertz CT molecular complexity index is 944. The lowest BCUT2D eigenvalue weighted by Crippen LogP contribution is -2.52. The van der Waals surface area contributed by atoms with E-state index < -0.39 is 35.7 Å². The molecule has 0 saturated carbocycles. The van der Waals surface area contributed by atoms with Gasteiger partial charge >= 0.3 is 24.1 Å². The van der Waals surface area contributed by atoms with Gasteiger partial charge in [-0.05, 0) is 42.9 Å². The van der Waals surface area contributed by atoms with Crippen LogP contribution in [0.4, 0.5) is 4.79 Å². The summed E-state index contributed by atoms with van der Waals surface area (Å²) in [5, 5.41) is 9.90. The molecule has 38 heavy (non-hydrogen) atoms. The number of nitrogens with two attached hydrogens (primary N) is 1. The van der Waals surface area contributed by atoms with E-state index in [2.05, 4.69) is 0 Å². The molecule has 3 N–H and O–H groups in total. The van der Waals surface area contributed by atoms with Crippen LogP contribution >= 0.6 is 0 Å². The fourth-order valence-electron chi connectivity index (χ4n) is 3.68. The predicted octanol–water partition coefficient (Wildman–Crippen LogP) is 5.04. The molecule has 10 heteroatoms. The highest BCUT2D eigenvalue weighted by Crippen LogP contribution is 2.32. The van der Waals surface area contributed by atoms with Crippen LogP contribution in [0.5, 0.6) is 11.5 Å². The number of esters is 2. The maximum atomic E-state index is 12.4. The van der Waals surface area contributed by atoms with Gasteiger partial charge in [0.05, 0.1) is 6.61 Å². The van der Waals surface area contributed by atoms with Gasteiger partial charge in [0.1, 0.15) is 11.6 Å². The first-order valence-electron chi connectivity index (χ1n) is 13.2. The largest absolute Gasteiger partial charge is 0.508 e. The molecule has 2 atom stereocenters. The summed E-state index contributed by atoms with van der Waals surface area (Å²) < 4.78 is 21.1. The van der Waals surface area contributed by atoms with Gasteiger partial charge < -0.3 is 29.8 Å². The van der Waals surface area contributed by atoms with Crippen molar-refractivity contribution in [3.05, 3.63) is 23.8 Å². The van der Waals surface area contributed by atoms with Crippen molar-refractivity contribution in [3.63, 3.8) is 0 Å². The predicted molar refractivity (Wildman–Crippen MR) is 141 cm³/mol. The number of carboxylic acids is 1. The normalized spacial score (nSPS) is 13.5. The molecule has 0 spiro atoms. The number of unbranched alkanes of at least 4 members (excludes halogenated alkanes) is 2. The Kier molecular flexibility index (Phi) is 13.8. The Hall–Kier alpha value is -3.14. The monoisotopic (exact) mass is 537 g/mol. The zero-order chi connectivity index (χ0) is 28.9. The highest BCUT2D eigenvalue weighted by atomic mass is 16.7. The van der Waals surface area contributed by atoms with Crippen molar-refractivity contribution in [2.45, 2.75) is 98.1 Å². The number of aliphatic carboxylic acids is 1. The molecule has 1 aromatic carbocycles. The summed E-state index contributed by atoms with van der Waals surface area (Å²) in [6.45, 7) is 11.3. The van der Waals surface area contributed by atoms with Crippen molar-refractivity contribution in [2.75, 3.05) is 6.61 Å². The zero-order valence-electron chi connectivity index (χ0n) is 23.4. The molecule has 0 amide bonds. The van der Waals surface area contributed by atoms with E-state index in [4.69, 9.17) is 24.7 Å². The average molecular weight is 538 g/mol. The van der Waals surface area contributed by atoms with E-state index in [1.807, 2.05) is 34.6 Å². The van der Waals surface area contributed by atoms with Crippen LogP contribution in [-0.4, -0.2) is 47.4 Å². The van der Waals surface area contributed by atoms with E-state index >= 15 is 0 Å². The third-order valence-electron chi connectivity index (χ3n) is 5.47. The SMILES string of the molecule is CCCCCOC(=O)O[C@@H](C)CC(N)(Cc1ccc(OC(=O)CC(C)C)c(OC(=O)CC(C)C)c1)C(=O)O. The van der Waals surface area contributed by atoms with Crippen LogP contribution in [0.25, 0.3) is 0 Å². The third kappa shape index (κ3) is 12.4. The quantitative estimate of drug-likeness (QED) is 0.167. The summed E-state index contributed by atoms with van der Waals surface area (Å²) in [4.78, 5) is 48.7. The van der Waals surface area contributed by atoms with Crippen LogP contribution in [0, 0.1) is 11.8 Å². The standard InChI is InChI=1S/C28H43NO9/c1-7-8-9-12-35-27(34)36-20(6)16-28(29,26(32)33)17-21-10-11-22(37-24(30)13-18(2)3)23(15-21)38-25(31)14-19(4)5/h10-11,15,18-20H,7-9,12-14,16-17,29H2,1-6H3,(H,32,33)/t20-,28?/m0/s1.